The predicted molar refractivity (Wildman–Crippen MR) is 105 cm³/mol. The van der Waals surface area contributed by atoms with Crippen molar-refractivity contribution in [3.8, 4) is 0 Å². The van der Waals surface area contributed by atoms with Crippen molar-refractivity contribution in [1.82, 2.24) is 4.90 Å². The topological polar surface area (TPSA) is 57.6 Å². The van der Waals surface area contributed by atoms with Gasteiger partial charge in [0.1, 0.15) is 6.04 Å². The van der Waals surface area contributed by atoms with Crippen molar-refractivity contribution in [2.45, 2.75) is 58.0 Å². The van der Waals surface area contributed by atoms with E-state index in [4.69, 9.17) is 0 Å². The third-order valence-corrected chi connectivity index (χ3v) is 4.12. The second-order valence-electron chi connectivity index (χ2n) is 5.60. The summed E-state index contributed by atoms with van der Waals surface area (Å²) in [6.45, 7) is 3.69. The Hall–Kier alpha value is 0.340. The van der Waals surface area contributed by atoms with Crippen molar-refractivity contribution in [2.24, 2.45) is 11.8 Å². The molecule has 2 fully saturated rings. The maximum Gasteiger partial charge on any atom is 0.326 e. The van der Waals surface area contributed by atoms with Crippen LogP contribution < -0.4 is 0 Å². The standard InChI is InChI=1S/C13H21NO3.4H2S/c1-8(2)12(15)14-10-6-4-3-5-9(10)7-11(14)13(16)17;;;;/h8-11H,3-7H2,1-2H3,(H,16,17);4*1H2/t9-,10-,11-;;;;/m0..../s1. The molecule has 0 aromatic rings. The van der Waals surface area contributed by atoms with Gasteiger partial charge in [0.15, 0.2) is 0 Å². The van der Waals surface area contributed by atoms with Crippen LogP contribution in [0.4, 0.5) is 0 Å². The van der Waals surface area contributed by atoms with Crippen molar-refractivity contribution in [3.05, 3.63) is 0 Å². The van der Waals surface area contributed by atoms with Gasteiger partial charge in [-0.15, -0.1) is 0 Å². The van der Waals surface area contributed by atoms with E-state index in [0.29, 0.717) is 12.3 Å². The largest absolute Gasteiger partial charge is 0.480 e. The van der Waals surface area contributed by atoms with Crippen LogP contribution in [-0.4, -0.2) is 34.0 Å². The van der Waals surface area contributed by atoms with Crippen molar-refractivity contribution in [2.75, 3.05) is 0 Å². The number of carboxylic acids is 1. The summed E-state index contributed by atoms with van der Waals surface area (Å²) in [6.07, 6.45) is 5.01. The summed E-state index contributed by atoms with van der Waals surface area (Å²) in [7, 11) is 0. The average molecular weight is 376 g/mol. The van der Waals surface area contributed by atoms with Crippen LogP contribution >= 0.6 is 54.0 Å². The third kappa shape index (κ3) is 5.48. The Morgan fingerprint density at radius 1 is 1.05 bits per heavy atom. The Morgan fingerprint density at radius 3 is 2.05 bits per heavy atom. The molecule has 1 aliphatic carbocycles. The number of likely N-dealkylation sites (tertiary alicyclic amines) is 1. The van der Waals surface area contributed by atoms with Gasteiger partial charge >= 0.3 is 5.97 Å². The van der Waals surface area contributed by atoms with Crippen LogP contribution in [0.5, 0.6) is 0 Å². The van der Waals surface area contributed by atoms with E-state index in [1.54, 1.807) is 4.90 Å². The molecule has 1 amide bonds. The first-order valence-corrected chi connectivity index (χ1v) is 6.57. The Bertz CT molecular complexity index is 341. The smallest absolute Gasteiger partial charge is 0.326 e. The molecule has 128 valence electrons. The zero-order valence-corrected chi connectivity index (χ0v) is 16.6. The Kier molecular flexibility index (Phi) is 13.7. The van der Waals surface area contributed by atoms with Crippen LogP contribution in [0.1, 0.15) is 46.0 Å². The van der Waals surface area contributed by atoms with E-state index < -0.39 is 12.0 Å². The summed E-state index contributed by atoms with van der Waals surface area (Å²) in [4.78, 5) is 25.1. The molecule has 4 nitrogen and oxygen atoms in total. The average Bonchev–Trinajstić information content (AvgIpc) is 2.67. The molecule has 0 bridgehead atoms. The normalized spacial score (nSPS) is 26.4. The SMILES string of the molecule is CC(C)C(=O)N1[C@H](C(=O)O)C[C@@H]2CCCC[C@@H]21.S.S.S.S. The molecule has 0 aromatic carbocycles. The minimum absolute atomic E-state index is 0. The minimum atomic E-state index is -0.839. The molecule has 1 saturated heterocycles. The van der Waals surface area contributed by atoms with Gasteiger partial charge in [-0.1, -0.05) is 26.7 Å². The molecule has 8 heteroatoms. The van der Waals surface area contributed by atoms with Gasteiger partial charge in [0.25, 0.3) is 0 Å². The van der Waals surface area contributed by atoms with Gasteiger partial charge in [0, 0.05) is 12.0 Å². The first-order chi connectivity index (χ1) is 8.02. The fourth-order valence-corrected chi connectivity index (χ4v) is 3.30. The van der Waals surface area contributed by atoms with Gasteiger partial charge in [-0.25, -0.2) is 4.79 Å². The van der Waals surface area contributed by atoms with Crippen LogP contribution in [0.15, 0.2) is 0 Å². The summed E-state index contributed by atoms with van der Waals surface area (Å²) in [5.74, 6) is -0.537. The fourth-order valence-electron chi connectivity index (χ4n) is 3.30. The van der Waals surface area contributed by atoms with Crippen LogP contribution in [0, 0.1) is 11.8 Å². The van der Waals surface area contributed by atoms with Crippen LogP contribution in [0.25, 0.3) is 0 Å². The molecule has 3 atom stereocenters. The van der Waals surface area contributed by atoms with Crippen molar-refractivity contribution >= 4 is 65.9 Å². The van der Waals surface area contributed by atoms with Crippen molar-refractivity contribution < 1.29 is 14.7 Å². The van der Waals surface area contributed by atoms with Gasteiger partial charge in [0.2, 0.25) is 5.91 Å². The lowest BCUT2D eigenvalue weighted by Crippen LogP contribution is -2.47. The van der Waals surface area contributed by atoms with E-state index in [1.807, 2.05) is 13.8 Å². The monoisotopic (exact) mass is 375 g/mol. The highest BCUT2D eigenvalue weighted by Gasteiger charge is 2.47. The Morgan fingerprint density at radius 2 is 1.57 bits per heavy atom. The number of carbonyl (C=O) groups excluding carboxylic acids is 1. The zero-order chi connectivity index (χ0) is 12.6. The first kappa shape index (κ1) is 26.2. The molecule has 0 spiro atoms. The highest BCUT2D eigenvalue weighted by Crippen LogP contribution is 2.40. The lowest BCUT2D eigenvalue weighted by atomic mass is 9.84. The lowest BCUT2D eigenvalue weighted by Gasteiger charge is -2.34. The lowest BCUT2D eigenvalue weighted by molar-refractivity contribution is -0.151. The summed E-state index contributed by atoms with van der Waals surface area (Å²) in [5, 5.41) is 9.27. The molecule has 1 N–H and O–H groups in total. The molecule has 0 radical (unpaired) electrons. The Balaban J connectivity index is -0.000000810. The molecule has 1 saturated carbocycles. The highest BCUT2D eigenvalue weighted by atomic mass is 32.1. The maximum absolute atomic E-state index is 12.2. The number of rotatable bonds is 2. The van der Waals surface area contributed by atoms with E-state index in [0.717, 1.165) is 19.3 Å². The van der Waals surface area contributed by atoms with E-state index in [9.17, 15) is 14.7 Å². The summed E-state index contributed by atoms with van der Waals surface area (Å²) < 4.78 is 0. The molecule has 21 heavy (non-hydrogen) atoms. The van der Waals surface area contributed by atoms with E-state index in [2.05, 4.69) is 0 Å². The van der Waals surface area contributed by atoms with Crippen molar-refractivity contribution in [1.29, 1.82) is 0 Å². The highest BCUT2D eigenvalue weighted by molar-refractivity contribution is 7.59. The second kappa shape index (κ2) is 11.0. The number of carboxylic acid groups (broad SMARTS) is 1. The van der Waals surface area contributed by atoms with Gasteiger partial charge < -0.3 is 10.0 Å². The predicted octanol–water partition coefficient (Wildman–Crippen LogP) is 2.34. The number of hydrogen-bond donors (Lipinski definition) is 1. The minimum Gasteiger partial charge on any atom is -0.480 e. The number of amides is 1. The molecular formula is C13H29NO3S4. The maximum atomic E-state index is 12.2. The number of fused-ring (bicyclic) bond motifs is 1. The van der Waals surface area contributed by atoms with Gasteiger partial charge in [0.05, 0.1) is 0 Å². The summed E-state index contributed by atoms with van der Waals surface area (Å²) in [5.41, 5.74) is 0. The van der Waals surface area contributed by atoms with Gasteiger partial charge in [-0.05, 0) is 25.2 Å². The third-order valence-electron chi connectivity index (χ3n) is 4.12. The first-order valence-electron chi connectivity index (χ1n) is 6.57. The molecule has 1 aliphatic heterocycles. The summed E-state index contributed by atoms with van der Waals surface area (Å²) in [6, 6.07) is -0.405. The zero-order valence-electron chi connectivity index (χ0n) is 12.6. The van der Waals surface area contributed by atoms with E-state index in [-0.39, 0.29) is 71.8 Å². The molecule has 1 heterocycles. The van der Waals surface area contributed by atoms with Gasteiger partial charge in [-0.3, -0.25) is 4.79 Å². The molecule has 2 aliphatic rings. The van der Waals surface area contributed by atoms with E-state index in [1.165, 1.54) is 6.42 Å². The summed E-state index contributed by atoms with van der Waals surface area (Å²) >= 11 is 0. The molecule has 0 unspecified atom stereocenters. The van der Waals surface area contributed by atoms with E-state index >= 15 is 0 Å². The fraction of sp³-hybridized carbons (Fsp3) is 0.846. The van der Waals surface area contributed by atoms with Crippen molar-refractivity contribution in [3.63, 3.8) is 0 Å². The second-order valence-corrected chi connectivity index (χ2v) is 5.60. The number of nitrogens with zero attached hydrogens (tertiary/aromatic N) is 1. The number of carbonyl (C=O) groups is 2. The molecular weight excluding hydrogens is 346 g/mol. The molecule has 2 rings (SSSR count). The quantitative estimate of drug-likeness (QED) is 0.806. The Labute approximate surface area is 155 Å². The number of hydrogen-bond acceptors (Lipinski definition) is 2. The molecule has 0 aromatic heterocycles. The van der Waals surface area contributed by atoms with Crippen LogP contribution in [-0.2, 0) is 9.59 Å². The van der Waals surface area contributed by atoms with Gasteiger partial charge in [-0.2, -0.15) is 54.0 Å². The number of aliphatic carboxylic acids is 1. The van der Waals surface area contributed by atoms with Crippen LogP contribution in [0.2, 0.25) is 0 Å². The van der Waals surface area contributed by atoms with Crippen LogP contribution in [0.3, 0.4) is 0 Å².